The quantitative estimate of drug-likeness (QED) is 0.897. The molecule has 1 N–H and O–H groups in total. The van der Waals surface area contributed by atoms with E-state index in [-0.39, 0.29) is 17.0 Å². The molecule has 1 aromatic carbocycles. The van der Waals surface area contributed by atoms with Crippen LogP contribution in [0.25, 0.3) is 10.9 Å². The van der Waals surface area contributed by atoms with Gasteiger partial charge in [-0.05, 0) is 71.7 Å². The van der Waals surface area contributed by atoms with Gasteiger partial charge in [0, 0.05) is 12.1 Å². The van der Waals surface area contributed by atoms with E-state index < -0.39 is 0 Å². The molecule has 0 bridgehead atoms. The number of para-hydroxylation sites is 1. The van der Waals surface area contributed by atoms with Crippen LogP contribution in [0.2, 0.25) is 0 Å². The SMILES string of the molecule is Cc1nc2ccccc2c(=O)n1CC1CCN(CC(=O)NC(C)(C)C)CC1. The minimum Gasteiger partial charge on any atom is -0.350 e. The van der Waals surface area contributed by atoms with Crippen molar-refractivity contribution in [2.45, 2.75) is 52.6 Å². The number of rotatable bonds is 4. The highest BCUT2D eigenvalue weighted by atomic mass is 16.2. The Morgan fingerprint density at radius 1 is 1.22 bits per heavy atom. The van der Waals surface area contributed by atoms with Crippen LogP contribution in [-0.4, -0.2) is 45.5 Å². The number of hydrogen-bond donors (Lipinski definition) is 1. The maximum absolute atomic E-state index is 12.8. The Balaban J connectivity index is 1.61. The number of carbonyl (C=O) groups excluding carboxylic acids is 1. The zero-order chi connectivity index (χ0) is 19.6. The lowest BCUT2D eigenvalue weighted by molar-refractivity contribution is -0.124. The summed E-state index contributed by atoms with van der Waals surface area (Å²) in [6, 6.07) is 7.52. The predicted molar refractivity (Wildman–Crippen MR) is 108 cm³/mol. The third kappa shape index (κ3) is 4.95. The van der Waals surface area contributed by atoms with Crippen LogP contribution in [0.5, 0.6) is 0 Å². The molecule has 146 valence electrons. The first-order chi connectivity index (χ1) is 12.7. The van der Waals surface area contributed by atoms with Crippen molar-refractivity contribution in [3.63, 3.8) is 0 Å². The Bertz CT molecular complexity index is 874. The van der Waals surface area contributed by atoms with Gasteiger partial charge >= 0.3 is 0 Å². The largest absolute Gasteiger partial charge is 0.350 e. The molecule has 1 aliphatic heterocycles. The summed E-state index contributed by atoms with van der Waals surface area (Å²) < 4.78 is 1.81. The van der Waals surface area contributed by atoms with Gasteiger partial charge in [0.15, 0.2) is 0 Å². The summed E-state index contributed by atoms with van der Waals surface area (Å²) in [5, 5.41) is 3.70. The first-order valence-corrected chi connectivity index (χ1v) is 9.72. The van der Waals surface area contributed by atoms with E-state index in [1.165, 1.54) is 0 Å². The molecule has 6 heteroatoms. The highest BCUT2D eigenvalue weighted by molar-refractivity contribution is 5.78. The van der Waals surface area contributed by atoms with Gasteiger partial charge in [-0.1, -0.05) is 12.1 Å². The number of fused-ring (bicyclic) bond motifs is 1. The summed E-state index contributed by atoms with van der Waals surface area (Å²) in [5.41, 5.74) is 0.609. The third-order valence-electron chi connectivity index (χ3n) is 5.08. The fraction of sp³-hybridized carbons (Fsp3) is 0.571. The number of nitrogens with zero attached hydrogens (tertiary/aromatic N) is 3. The molecule has 0 atom stereocenters. The van der Waals surface area contributed by atoms with Crippen molar-refractivity contribution < 1.29 is 4.79 Å². The first-order valence-electron chi connectivity index (χ1n) is 9.72. The Morgan fingerprint density at radius 2 is 1.89 bits per heavy atom. The average molecular weight is 370 g/mol. The smallest absolute Gasteiger partial charge is 0.261 e. The molecular weight excluding hydrogens is 340 g/mol. The Hall–Kier alpha value is -2.21. The molecule has 0 unspecified atom stereocenters. The molecule has 0 saturated carbocycles. The number of piperidine rings is 1. The van der Waals surface area contributed by atoms with Gasteiger partial charge in [0.2, 0.25) is 5.91 Å². The molecule has 6 nitrogen and oxygen atoms in total. The van der Waals surface area contributed by atoms with Gasteiger partial charge in [-0.25, -0.2) is 4.98 Å². The lowest BCUT2D eigenvalue weighted by Gasteiger charge is -2.32. The van der Waals surface area contributed by atoms with Gasteiger partial charge in [-0.15, -0.1) is 0 Å². The maximum Gasteiger partial charge on any atom is 0.261 e. The number of hydrogen-bond acceptors (Lipinski definition) is 4. The summed E-state index contributed by atoms with van der Waals surface area (Å²) in [6.07, 6.45) is 1.98. The number of likely N-dealkylation sites (tertiary alicyclic amines) is 1. The van der Waals surface area contributed by atoms with E-state index >= 15 is 0 Å². The zero-order valence-electron chi connectivity index (χ0n) is 16.8. The van der Waals surface area contributed by atoms with Crippen molar-refractivity contribution in [2.75, 3.05) is 19.6 Å². The molecular formula is C21H30N4O2. The highest BCUT2D eigenvalue weighted by Crippen LogP contribution is 2.19. The van der Waals surface area contributed by atoms with Crippen molar-refractivity contribution in [3.8, 4) is 0 Å². The standard InChI is InChI=1S/C21H30N4O2/c1-15-22-18-8-6-5-7-17(18)20(27)25(15)13-16-9-11-24(12-10-16)14-19(26)23-21(2,3)4/h5-8,16H,9-14H2,1-4H3,(H,23,26). The summed E-state index contributed by atoms with van der Waals surface area (Å²) in [6.45, 7) is 10.8. The number of aryl methyl sites for hydroxylation is 1. The topological polar surface area (TPSA) is 67.2 Å². The minimum absolute atomic E-state index is 0.0464. The summed E-state index contributed by atoms with van der Waals surface area (Å²) in [5.74, 6) is 1.28. The van der Waals surface area contributed by atoms with Crippen LogP contribution >= 0.6 is 0 Å². The van der Waals surface area contributed by atoms with E-state index in [0.29, 0.717) is 24.4 Å². The second-order valence-corrected chi connectivity index (χ2v) is 8.61. The summed E-state index contributed by atoms with van der Waals surface area (Å²) >= 11 is 0. The fourth-order valence-electron chi connectivity index (χ4n) is 3.74. The van der Waals surface area contributed by atoms with Gasteiger partial charge in [0.1, 0.15) is 5.82 Å². The van der Waals surface area contributed by atoms with Gasteiger partial charge in [-0.2, -0.15) is 0 Å². The molecule has 0 spiro atoms. The van der Waals surface area contributed by atoms with Crippen molar-refractivity contribution in [1.29, 1.82) is 0 Å². The lowest BCUT2D eigenvalue weighted by atomic mass is 9.96. The molecule has 3 rings (SSSR count). The minimum atomic E-state index is -0.197. The normalized spacial score (nSPS) is 16.6. The number of aromatic nitrogens is 2. The maximum atomic E-state index is 12.8. The van der Waals surface area contributed by atoms with E-state index in [0.717, 1.165) is 37.3 Å². The predicted octanol–water partition coefficient (Wildman–Crippen LogP) is 2.33. The molecule has 27 heavy (non-hydrogen) atoms. The Morgan fingerprint density at radius 3 is 2.56 bits per heavy atom. The average Bonchev–Trinajstić information content (AvgIpc) is 2.58. The van der Waals surface area contributed by atoms with Gasteiger partial charge in [0.05, 0.1) is 17.4 Å². The fourth-order valence-corrected chi connectivity index (χ4v) is 3.74. The number of carbonyl (C=O) groups is 1. The molecule has 1 aromatic heterocycles. The molecule has 1 aliphatic rings. The zero-order valence-corrected chi connectivity index (χ0v) is 16.8. The monoisotopic (exact) mass is 370 g/mol. The van der Waals surface area contributed by atoms with Gasteiger partial charge in [0.25, 0.3) is 5.56 Å². The van der Waals surface area contributed by atoms with Crippen LogP contribution in [0.3, 0.4) is 0 Å². The highest BCUT2D eigenvalue weighted by Gasteiger charge is 2.23. The molecule has 0 radical (unpaired) electrons. The Kier molecular flexibility index (Phi) is 5.65. The van der Waals surface area contributed by atoms with Crippen LogP contribution in [-0.2, 0) is 11.3 Å². The van der Waals surface area contributed by atoms with Crippen LogP contribution in [0.1, 0.15) is 39.4 Å². The molecule has 2 aromatic rings. The second-order valence-electron chi connectivity index (χ2n) is 8.61. The van der Waals surface area contributed by atoms with Crippen molar-refractivity contribution >= 4 is 16.8 Å². The van der Waals surface area contributed by atoms with Crippen LogP contribution < -0.4 is 10.9 Å². The summed E-state index contributed by atoms with van der Waals surface area (Å²) in [7, 11) is 0. The van der Waals surface area contributed by atoms with E-state index in [4.69, 9.17) is 0 Å². The van der Waals surface area contributed by atoms with Crippen LogP contribution in [0.4, 0.5) is 0 Å². The van der Waals surface area contributed by atoms with E-state index in [1.54, 1.807) is 0 Å². The third-order valence-corrected chi connectivity index (χ3v) is 5.08. The number of nitrogens with one attached hydrogen (secondary N) is 1. The van der Waals surface area contributed by atoms with Crippen LogP contribution in [0.15, 0.2) is 29.1 Å². The van der Waals surface area contributed by atoms with Gasteiger partial charge in [-0.3, -0.25) is 19.1 Å². The number of benzene rings is 1. The molecule has 0 aliphatic carbocycles. The van der Waals surface area contributed by atoms with Crippen molar-refractivity contribution in [3.05, 3.63) is 40.4 Å². The van der Waals surface area contributed by atoms with Crippen LogP contribution in [0, 0.1) is 12.8 Å². The van der Waals surface area contributed by atoms with Crippen molar-refractivity contribution in [1.82, 2.24) is 19.8 Å². The molecule has 1 amide bonds. The molecule has 2 heterocycles. The molecule has 1 saturated heterocycles. The van der Waals surface area contributed by atoms with Gasteiger partial charge < -0.3 is 5.32 Å². The summed E-state index contributed by atoms with van der Waals surface area (Å²) in [4.78, 5) is 31.7. The lowest BCUT2D eigenvalue weighted by Crippen LogP contribution is -2.47. The molecule has 1 fully saturated rings. The van der Waals surface area contributed by atoms with Crippen molar-refractivity contribution in [2.24, 2.45) is 5.92 Å². The van der Waals surface area contributed by atoms with E-state index in [9.17, 15) is 9.59 Å². The Labute approximate surface area is 160 Å². The first kappa shape index (κ1) is 19.5. The van der Waals surface area contributed by atoms with E-state index in [2.05, 4.69) is 15.2 Å². The second kappa shape index (κ2) is 7.80. The number of amides is 1. The van der Waals surface area contributed by atoms with E-state index in [1.807, 2.05) is 56.5 Å².